The molecule has 1 amide bonds. The van der Waals surface area contributed by atoms with E-state index in [0.29, 0.717) is 12.1 Å². The minimum absolute atomic E-state index is 0.0865. The van der Waals surface area contributed by atoms with Crippen molar-refractivity contribution in [1.82, 2.24) is 5.32 Å². The summed E-state index contributed by atoms with van der Waals surface area (Å²) in [5.41, 5.74) is 1.70. The van der Waals surface area contributed by atoms with Gasteiger partial charge < -0.3 is 5.32 Å². The molecule has 2 nitrogen and oxygen atoms in total. The van der Waals surface area contributed by atoms with Gasteiger partial charge in [0.15, 0.2) is 0 Å². The Kier molecular flexibility index (Phi) is 5.50. The second-order valence-electron chi connectivity index (χ2n) is 4.29. The zero-order valence-electron chi connectivity index (χ0n) is 11.2. The number of benzene rings is 2. The summed E-state index contributed by atoms with van der Waals surface area (Å²) in [7, 11) is 0. The molecule has 0 bridgehead atoms. The van der Waals surface area contributed by atoms with Crippen molar-refractivity contribution < 1.29 is 4.79 Å². The summed E-state index contributed by atoms with van der Waals surface area (Å²) in [4.78, 5) is 13.1. The van der Waals surface area contributed by atoms with E-state index in [1.165, 1.54) is 0 Å². The van der Waals surface area contributed by atoms with Crippen molar-refractivity contribution in [3.8, 4) is 0 Å². The van der Waals surface area contributed by atoms with Gasteiger partial charge in [-0.25, -0.2) is 0 Å². The molecule has 2 aromatic rings. The van der Waals surface area contributed by atoms with Gasteiger partial charge in [-0.3, -0.25) is 4.79 Å². The van der Waals surface area contributed by atoms with E-state index in [1.54, 1.807) is 11.8 Å². The first-order chi connectivity index (χ1) is 9.72. The maximum atomic E-state index is 12.2. The Labute approximate surface area is 128 Å². The summed E-state index contributed by atoms with van der Waals surface area (Å²) in [6.07, 6.45) is 1.96. The zero-order chi connectivity index (χ0) is 14.4. The number of hydrogen-bond donors (Lipinski definition) is 1. The predicted octanol–water partition coefficient (Wildman–Crippen LogP) is 4.12. The molecule has 0 heterocycles. The smallest absolute Gasteiger partial charge is 0.252 e. The fraction of sp³-hybridized carbons (Fsp3) is 0.188. The molecule has 0 aliphatic heterocycles. The van der Waals surface area contributed by atoms with Gasteiger partial charge in [0, 0.05) is 11.4 Å². The lowest BCUT2D eigenvalue weighted by Gasteiger charge is -2.12. The number of rotatable bonds is 5. The van der Waals surface area contributed by atoms with Crippen molar-refractivity contribution in [1.29, 1.82) is 0 Å². The van der Waals surface area contributed by atoms with Gasteiger partial charge in [-0.05, 0) is 24.0 Å². The summed E-state index contributed by atoms with van der Waals surface area (Å²) in [5.74, 6) is -0.0865. The highest BCUT2D eigenvalue weighted by Gasteiger charge is 2.13. The molecule has 0 spiro atoms. The van der Waals surface area contributed by atoms with Crippen LogP contribution in [0.3, 0.4) is 0 Å². The number of hydrogen-bond acceptors (Lipinski definition) is 2. The van der Waals surface area contributed by atoms with Crippen LogP contribution in [0.5, 0.6) is 0 Å². The summed E-state index contributed by atoms with van der Waals surface area (Å²) in [6, 6.07) is 17.3. The Morgan fingerprint density at radius 3 is 2.50 bits per heavy atom. The van der Waals surface area contributed by atoms with Crippen LogP contribution in [0.15, 0.2) is 59.5 Å². The second-order valence-corrected chi connectivity index (χ2v) is 5.66. The van der Waals surface area contributed by atoms with E-state index >= 15 is 0 Å². The van der Waals surface area contributed by atoms with Crippen LogP contribution in [0, 0.1) is 0 Å². The van der Waals surface area contributed by atoms with E-state index < -0.39 is 0 Å². The quantitative estimate of drug-likeness (QED) is 0.665. The molecule has 0 fully saturated rings. The van der Waals surface area contributed by atoms with Gasteiger partial charge in [-0.15, -0.1) is 23.4 Å². The molecule has 2 aromatic carbocycles. The number of alkyl halides is 1. The molecule has 0 radical (unpaired) electrons. The maximum Gasteiger partial charge on any atom is 0.252 e. The average Bonchev–Trinajstić information content (AvgIpc) is 2.53. The maximum absolute atomic E-state index is 12.2. The Hall–Kier alpha value is -1.45. The lowest BCUT2D eigenvalue weighted by Crippen LogP contribution is -2.27. The first kappa shape index (κ1) is 14.9. The normalized spacial score (nSPS) is 11.9. The van der Waals surface area contributed by atoms with Crippen LogP contribution in [0.1, 0.15) is 21.3 Å². The van der Waals surface area contributed by atoms with Crippen molar-refractivity contribution in [2.24, 2.45) is 0 Å². The van der Waals surface area contributed by atoms with Crippen LogP contribution < -0.4 is 5.32 Å². The number of thioether (sulfide) groups is 1. The highest BCUT2D eigenvalue weighted by molar-refractivity contribution is 7.98. The Morgan fingerprint density at radius 2 is 1.80 bits per heavy atom. The number of carbonyl (C=O) groups is 1. The van der Waals surface area contributed by atoms with Crippen LogP contribution in [-0.2, 0) is 0 Å². The van der Waals surface area contributed by atoms with E-state index in [4.69, 9.17) is 11.6 Å². The molecule has 0 aromatic heterocycles. The molecular weight excluding hydrogens is 290 g/mol. The molecule has 0 aliphatic carbocycles. The molecule has 2 rings (SSSR count). The highest BCUT2D eigenvalue weighted by Crippen LogP contribution is 2.21. The van der Waals surface area contributed by atoms with E-state index in [-0.39, 0.29) is 11.3 Å². The topological polar surface area (TPSA) is 29.1 Å². The van der Waals surface area contributed by atoms with E-state index in [9.17, 15) is 4.79 Å². The summed E-state index contributed by atoms with van der Waals surface area (Å²) >= 11 is 7.85. The van der Waals surface area contributed by atoms with Crippen LogP contribution in [-0.4, -0.2) is 18.7 Å². The van der Waals surface area contributed by atoms with Crippen molar-refractivity contribution in [3.63, 3.8) is 0 Å². The molecule has 1 unspecified atom stereocenters. The summed E-state index contributed by atoms with van der Waals surface area (Å²) in [6.45, 7) is 0.410. The summed E-state index contributed by atoms with van der Waals surface area (Å²) < 4.78 is 0. The molecule has 20 heavy (non-hydrogen) atoms. The van der Waals surface area contributed by atoms with Crippen LogP contribution in [0.2, 0.25) is 0 Å². The van der Waals surface area contributed by atoms with Crippen molar-refractivity contribution in [2.45, 2.75) is 10.3 Å². The van der Waals surface area contributed by atoms with Gasteiger partial charge in [0.1, 0.15) is 0 Å². The SMILES string of the molecule is CSc1ccccc1C(=O)NCC(Cl)c1ccccc1. The molecule has 0 saturated carbocycles. The van der Waals surface area contributed by atoms with Gasteiger partial charge in [-0.2, -0.15) is 0 Å². The molecule has 1 atom stereocenters. The predicted molar refractivity (Wildman–Crippen MR) is 85.6 cm³/mol. The third-order valence-electron chi connectivity index (χ3n) is 2.95. The first-order valence-corrected chi connectivity index (χ1v) is 7.98. The average molecular weight is 306 g/mol. The number of carbonyl (C=O) groups excluding carboxylic acids is 1. The van der Waals surface area contributed by atoms with E-state index in [2.05, 4.69) is 5.32 Å². The monoisotopic (exact) mass is 305 g/mol. The first-order valence-electron chi connectivity index (χ1n) is 6.32. The van der Waals surface area contributed by atoms with E-state index in [1.807, 2.05) is 60.9 Å². The minimum atomic E-state index is -0.221. The fourth-order valence-electron chi connectivity index (χ4n) is 1.89. The fourth-order valence-corrected chi connectivity index (χ4v) is 2.71. The van der Waals surface area contributed by atoms with Crippen molar-refractivity contribution in [2.75, 3.05) is 12.8 Å². The number of nitrogens with one attached hydrogen (secondary N) is 1. The van der Waals surface area contributed by atoms with Crippen LogP contribution >= 0.6 is 23.4 Å². The minimum Gasteiger partial charge on any atom is -0.350 e. The molecular formula is C16H16ClNOS. The molecule has 0 aliphatic rings. The zero-order valence-corrected chi connectivity index (χ0v) is 12.7. The third kappa shape index (κ3) is 3.78. The Bertz CT molecular complexity index is 574. The largest absolute Gasteiger partial charge is 0.350 e. The molecule has 104 valence electrons. The third-order valence-corrected chi connectivity index (χ3v) is 4.16. The number of amides is 1. The van der Waals surface area contributed by atoms with Crippen LogP contribution in [0.4, 0.5) is 0 Å². The van der Waals surface area contributed by atoms with Gasteiger partial charge >= 0.3 is 0 Å². The number of halogens is 1. The van der Waals surface area contributed by atoms with Gasteiger partial charge in [0.05, 0.1) is 10.9 Å². The second kappa shape index (κ2) is 7.36. The lowest BCUT2D eigenvalue weighted by atomic mass is 10.1. The van der Waals surface area contributed by atoms with Crippen molar-refractivity contribution in [3.05, 3.63) is 65.7 Å². The standard InChI is InChI=1S/C16H16ClNOS/c1-20-15-10-6-5-9-13(15)16(19)18-11-14(17)12-7-3-2-4-8-12/h2-10,14H,11H2,1H3,(H,18,19). The van der Waals surface area contributed by atoms with Crippen molar-refractivity contribution >= 4 is 29.3 Å². The molecule has 0 saturated heterocycles. The van der Waals surface area contributed by atoms with Crippen LogP contribution in [0.25, 0.3) is 0 Å². The lowest BCUT2D eigenvalue weighted by molar-refractivity contribution is 0.0950. The van der Waals surface area contributed by atoms with Gasteiger partial charge in [0.2, 0.25) is 0 Å². The molecule has 4 heteroatoms. The van der Waals surface area contributed by atoms with Gasteiger partial charge in [0.25, 0.3) is 5.91 Å². The highest BCUT2D eigenvalue weighted by atomic mass is 35.5. The molecule has 1 N–H and O–H groups in total. The van der Waals surface area contributed by atoms with Gasteiger partial charge in [-0.1, -0.05) is 42.5 Å². The Morgan fingerprint density at radius 1 is 1.15 bits per heavy atom. The van der Waals surface area contributed by atoms with E-state index in [0.717, 1.165) is 10.5 Å². The summed E-state index contributed by atoms with van der Waals surface area (Å²) in [5, 5.41) is 2.67. The Balaban J connectivity index is 1.99.